The zero-order valence-corrected chi connectivity index (χ0v) is 53.8. The fourth-order valence-electron chi connectivity index (χ4n) is 9.87. The smallest absolute Gasteiger partial charge is 0.410 e. The molecule has 17 heteroatoms. The first-order chi connectivity index (χ1) is 36.1. The third kappa shape index (κ3) is 15.6. The second-order valence-corrected chi connectivity index (χ2v) is 30.3. The topological polar surface area (TPSA) is 133 Å². The molecule has 2 saturated heterocycles. The molecule has 0 aliphatic carbocycles. The summed E-state index contributed by atoms with van der Waals surface area (Å²) in [5, 5.41) is 2.81. The molecule has 5 aromatic rings. The van der Waals surface area contributed by atoms with Crippen LogP contribution in [0.25, 0.3) is 22.5 Å². The zero-order valence-electron chi connectivity index (χ0n) is 49.8. The number of hydrogen-bond acceptors (Lipinski definition) is 13. The predicted octanol–water partition coefficient (Wildman–Crippen LogP) is 16.1. The number of carbonyl (C=O) groups is 3. The van der Waals surface area contributed by atoms with Crippen molar-refractivity contribution < 1.29 is 33.3 Å². The van der Waals surface area contributed by atoms with Gasteiger partial charge in [-0.15, -0.1) is 34.0 Å². The fourth-order valence-corrected chi connectivity index (χ4v) is 13.6. The van der Waals surface area contributed by atoms with Gasteiger partial charge in [-0.05, 0) is 106 Å². The van der Waals surface area contributed by atoms with Crippen molar-refractivity contribution in [2.24, 2.45) is 0 Å². The first-order valence-corrected chi connectivity index (χ1v) is 30.5. The van der Waals surface area contributed by atoms with E-state index < -0.39 is 5.60 Å². The highest BCUT2D eigenvalue weighted by molar-refractivity contribution is 7.16. The minimum absolute atomic E-state index is 0.0652. The third-order valence-corrected chi connectivity index (χ3v) is 18.0. The Labute approximate surface area is 487 Å². The number of methoxy groups -OCH3 is 2. The molecule has 0 N–H and O–H groups in total. The first kappa shape index (κ1) is 62.9. The monoisotopic (exact) mass is 1170 g/mol. The molecule has 12 nitrogen and oxygen atoms in total. The number of amides is 2. The molecule has 0 spiro atoms. The van der Waals surface area contributed by atoms with E-state index in [-0.39, 0.29) is 64.3 Å². The lowest BCUT2D eigenvalue weighted by molar-refractivity contribution is -0.142. The number of aryl methyl sites for hydroxylation is 1. The summed E-state index contributed by atoms with van der Waals surface area (Å²) in [6, 6.07) is 8.73. The molecule has 3 aromatic heterocycles. The Bertz CT molecular complexity index is 2860. The van der Waals surface area contributed by atoms with Crippen molar-refractivity contribution in [3.05, 3.63) is 80.8 Å². The van der Waals surface area contributed by atoms with Gasteiger partial charge in [0.25, 0.3) is 0 Å². The normalized spacial score (nSPS) is 15.2. The van der Waals surface area contributed by atoms with E-state index in [4.69, 9.17) is 52.1 Å². The van der Waals surface area contributed by atoms with Crippen LogP contribution < -0.4 is 9.47 Å². The number of ether oxygens (including phenoxy) is 4. The lowest BCUT2D eigenvalue weighted by Crippen LogP contribution is -2.41. The van der Waals surface area contributed by atoms with Crippen LogP contribution in [-0.2, 0) is 53.6 Å². The van der Waals surface area contributed by atoms with Crippen LogP contribution in [0.2, 0.25) is 8.67 Å². The third-order valence-electron chi connectivity index (χ3n) is 14.1. The zero-order chi connectivity index (χ0) is 58.0. The van der Waals surface area contributed by atoms with Gasteiger partial charge in [0.15, 0.2) is 0 Å². The highest BCUT2D eigenvalue weighted by Crippen LogP contribution is 2.48. The molecule has 428 valence electrons. The molecule has 2 aliphatic rings. The van der Waals surface area contributed by atoms with E-state index in [9.17, 15) is 14.4 Å². The Morgan fingerprint density at radius 1 is 0.590 bits per heavy atom. The maximum atomic E-state index is 13.1. The summed E-state index contributed by atoms with van der Waals surface area (Å²) in [4.78, 5) is 56.8. The van der Waals surface area contributed by atoms with Gasteiger partial charge in [-0.2, -0.15) is 0 Å². The van der Waals surface area contributed by atoms with Crippen molar-refractivity contribution in [2.75, 3.05) is 47.0 Å². The Morgan fingerprint density at radius 2 is 0.974 bits per heavy atom. The molecule has 0 unspecified atom stereocenters. The quantitative estimate of drug-likeness (QED) is 0.118. The number of likely N-dealkylation sites (tertiary alicyclic amines) is 2. The Kier molecular flexibility index (Phi) is 20.0. The molecule has 2 aromatic carbocycles. The van der Waals surface area contributed by atoms with Gasteiger partial charge in [-0.1, -0.05) is 106 Å². The summed E-state index contributed by atoms with van der Waals surface area (Å²) in [7, 11) is 3.49. The number of esters is 1. The summed E-state index contributed by atoms with van der Waals surface area (Å²) >= 11 is 18.2. The van der Waals surface area contributed by atoms with Crippen LogP contribution >= 0.6 is 57.2 Å². The van der Waals surface area contributed by atoms with Gasteiger partial charge in [0, 0.05) is 76.3 Å². The largest absolute Gasteiger partial charge is 0.496 e. The van der Waals surface area contributed by atoms with Crippen molar-refractivity contribution >= 4 is 75.2 Å². The second kappa shape index (κ2) is 24.8. The molecule has 0 radical (unpaired) electrons. The van der Waals surface area contributed by atoms with Crippen LogP contribution in [0.15, 0.2) is 24.3 Å². The fraction of sp³-hybridized carbons (Fsp3) is 0.607. The second-order valence-electron chi connectivity index (χ2n) is 25.7. The van der Waals surface area contributed by atoms with E-state index in [2.05, 4.69) is 112 Å². The molecule has 0 bridgehead atoms. The van der Waals surface area contributed by atoms with Crippen molar-refractivity contribution in [2.45, 2.75) is 195 Å². The standard InChI is InChI=1S/C33H44ClN3O4S2.C28H41ClN2O3S/c1-10-41-27(39)17-24-19(2)42-25(35-24)18-26(38)37-13-11-20(12-14-37)31-36-28(30(34)43-31)21-15-22(32(3,4)5)29(40-9)23(16-21)33(6,7)8;1-26(2,3)19-15-18(16-20(22(19)33-10)27(4,5)6)21-23(29)35-24(30-21)17-11-13-31(14-12-17)25(32)34-28(7,8)9/h15-16,20H,10-14,17-18H2,1-9H3;15-17H,11-14H2,1-10H3. The van der Waals surface area contributed by atoms with E-state index in [1.165, 1.54) is 11.3 Å². The van der Waals surface area contributed by atoms with Gasteiger partial charge >= 0.3 is 12.1 Å². The van der Waals surface area contributed by atoms with Gasteiger partial charge < -0.3 is 28.7 Å². The van der Waals surface area contributed by atoms with Gasteiger partial charge in [0.1, 0.15) is 42.2 Å². The highest BCUT2D eigenvalue weighted by Gasteiger charge is 2.34. The molecule has 78 heavy (non-hydrogen) atoms. The molecule has 0 saturated carbocycles. The van der Waals surface area contributed by atoms with Gasteiger partial charge in [0.2, 0.25) is 5.91 Å². The average Bonchev–Trinajstić information content (AvgIpc) is 4.15. The van der Waals surface area contributed by atoms with Crippen LogP contribution in [0, 0.1) is 6.92 Å². The number of nitrogens with zero attached hydrogens (tertiary/aromatic N) is 5. The Morgan fingerprint density at radius 3 is 1.32 bits per heavy atom. The Balaban J connectivity index is 0.000000258. The van der Waals surface area contributed by atoms with E-state index in [1.54, 1.807) is 48.7 Å². The Hall–Kier alpha value is -4.28. The van der Waals surface area contributed by atoms with Crippen molar-refractivity contribution in [1.29, 1.82) is 0 Å². The summed E-state index contributed by atoms with van der Waals surface area (Å²) < 4.78 is 23.8. The van der Waals surface area contributed by atoms with Crippen molar-refractivity contribution in [1.82, 2.24) is 24.8 Å². The summed E-state index contributed by atoms with van der Waals surface area (Å²) in [5.41, 5.74) is 8.05. The molecule has 2 fully saturated rings. The van der Waals surface area contributed by atoms with Gasteiger partial charge in [-0.3, -0.25) is 9.59 Å². The van der Waals surface area contributed by atoms with Gasteiger partial charge in [-0.25, -0.2) is 19.7 Å². The predicted molar refractivity (Wildman–Crippen MR) is 322 cm³/mol. The minimum atomic E-state index is -0.484. The molecule has 2 amide bonds. The maximum absolute atomic E-state index is 13.1. The van der Waals surface area contributed by atoms with Crippen LogP contribution in [0.4, 0.5) is 4.79 Å². The number of rotatable bonds is 11. The molecule has 0 atom stereocenters. The maximum Gasteiger partial charge on any atom is 0.410 e. The number of piperidine rings is 2. The number of benzene rings is 2. The lowest BCUT2D eigenvalue weighted by atomic mass is 9.78. The number of aromatic nitrogens is 3. The van der Waals surface area contributed by atoms with Crippen molar-refractivity contribution in [3.63, 3.8) is 0 Å². The van der Waals surface area contributed by atoms with Crippen LogP contribution in [-0.4, -0.2) is 95.3 Å². The summed E-state index contributed by atoms with van der Waals surface area (Å²) in [6.45, 7) is 38.8. The van der Waals surface area contributed by atoms with Crippen molar-refractivity contribution in [3.8, 4) is 34.0 Å². The number of halogens is 2. The minimum Gasteiger partial charge on any atom is -0.496 e. The number of hydrogen-bond donors (Lipinski definition) is 0. The van der Waals surface area contributed by atoms with E-state index in [1.807, 2.05) is 32.6 Å². The molecular weight excluding hydrogens is 1080 g/mol. The molecule has 5 heterocycles. The summed E-state index contributed by atoms with van der Waals surface area (Å²) in [5.74, 6) is 2.17. The van der Waals surface area contributed by atoms with Crippen LogP contribution in [0.5, 0.6) is 11.5 Å². The number of thiazole rings is 3. The number of carbonyl (C=O) groups excluding carboxylic acids is 3. The highest BCUT2D eigenvalue weighted by atomic mass is 35.5. The van der Waals surface area contributed by atoms with Gasteiger partial charge in [0.05, 0.1) is 49.4 Å². The molecular formula is C61H85Cl2N5O7S3. The SMILES string of the molecule is CCOC(=O)Cc1nc(CC(=O)N2CCC(c3nc(-c4cc(C(C)(C)C)c(OC)c(C(C)(C)C)c4)c(Cl)s3)CC2)sc1C.COc1c(C(C)(C)C)cc(-c2nc(C3CCN(C(=O)OC(C)(C)C)CC3)sc2Cl)cc1C(C)(C)C. The molecule has 7 rings (SSSR count). The lowest BCUT2D eigenvalue weighted by Gasteiger charge is -2.32. The van der Waals surface area contributed by atoms with Crippen LogP contribution in [0.1, 0.15) is 196 Å². The molecule has 2 aliphatic heterocycles. The van der Waals surface area contributed by atoms with Crippen LogP contribution in [0.3, 0.4) is 0 Å². The van der Waals surface area contributed by atoms with E-state index in [0.29, 0.717) is 47.2 Å². The van der Waals surface area contributed by atoms with E-state index in [0.717, 1.165) is 102 Å². The van der Waals surface area contributed by atoms with E-state index >= 15 is 0 Å². The summed E-state index contributed by atoms with van der Waals surface area (Å²) in [6.07, 6.45) is 3.52. The first-order valence-electron chi connectivity index (χ1n) is 27.3. The average molecular weight is 1170 g/mol.